The molecule has 1 rings (SSSR count). The van der Waals surface area contributed by atoms with Crippen molar-refractivity contribution in [3.05, 3.63) is 12.2 Å². The Morgan fingerprint density at radius 1 is 1.18 bits per heavy atom. The summed E-state index contributed by atoms with van der Waals surface area (Å²) in [4.78, 5) is 0. The second kappa shape index (κ2) is 4.45. The van der Waals surface area contributed by atoms with Crippen LogP contribution in [0.2, 0.25) is 0 Å². The zero-order valence-electron chi connectivity index (χ0n) is 6.85. The summed E-state index contributed by atoms with van der Waals surface area (Å²) in [6.45, 7) is 0. The first-order valence-corrected chi connectivity index (χ1v) is 5.41. The molecule has 1 nitrogen and oxygen atoms in total. The molecule has 0 aromatic heterocycles. The van der Waals surface area contributed by atoms with Gasteiger partial charge in [-0.05, 0) is 25.7 Å². The van der Waals surface area contributed by atoms with Crippen molar-refractivity contribution in [1.82, 2.24) is 0 Å². The van der Waals surface area contributed by atoms with Gasteiger partial charge in [0.2, 0.25) is 0 Å². The van der Waals surface area contributed by atoms with Crippen molar-refractivity contribution in [3.63, 3.8) is 0 Å². The summed E-state index contributed by atoms with van der Waals surface area (Å²) in [6, 6.07) is 0. The van der Waals surface area contributed by atoms with E-state index in [-0.39, 0.29) is 3.55 Å². The van der Waals surface area contributed by atoms with Crippen LogP contribution in [0.3, 0.4) is 0 Å². The second-order valence-electron chi connectivity index (χ2n) is 3.31. The molecular weight excluding hydrogens is 249 g/mol. The molecule has 0 saturated carbocycles. The van der Waals surface area contributed by atoms with E-state index >= 15 is 0 Å². The lowest BCUT2D eigenvalue weighted by Gasteiger charge is -2.19. The van der Waals surface area contributed by atoms with Crippen molar-refractivity contribution in [2.24, 2.45) is 5.73 Å². The van der Waals surface area contributed by atoms with Crippen LogP contribution in [-0.2, 0) is 0 Å². The number of nitrogens with two attached hydrogens (primary N) is 1. The van der Waals surface area contributed by atoms with Crippen LogP contribution in [-0.4, -0.2) is 3.55 Å². The van der Waals surface area contributed by atoms with E-state index in [1.165, 1.54) is 25.7 Å². The minimum absolute atomic E-state index is 0.0264. The Hall–Kier alpha value is 0.430. The van der Waals surface area contributed by atoms with Gasteiger partial charge in [-0.3, -0.25) is 0 Å². The third kappa shape index (κ3) is 4.11. The lowest BCUT2D eigenvalue weighted by Crippen LogP contribution is -2.31. The topological polar surface area (TPSA) is 26.0 Å². The van der Waals surface area contributed by atoms with E-state index in [1.807, 2.05) is 0 Å². The Balaban J connectivity index is 2.43. The van der Waals surface area contributed by atoms with Gasteiger partial charge in [0.05, 0.1) is 3.55 Å². The minimum atomic E-state index is 0.0264. The van der Waals surface area contributed by atoms with Crippen LogP contribution < -0.4 is 5.73 Å². The molecule has 2 N–H and O–H groups in total. The zero-order valence-corrected chi connectivity index (χ0v) is 9.01. The van der Waals surface area contributed by atoms with Crippen molar-refractivity contribution < 1.29 is 0 Å². The maximum absolute atomic E-state index is 6.05. The lowest BCUT2D eigenvalue weighted by molar-refractivity contribution is 0.547. The van der Waals surface area contributed by atoms with Crippen molar-refractivity contribution in [3.8, 4) is 0 Å². The van der Waals surface area contributed by atoms with Crippen LogP contribution in [0.25, 0.3) is 0 Å². The fourth-order valence-corrected chi connectivity index (χ4v) is 1.99. The van der Waals surface area contributed by atoms with E-state index in [0.717, 1.165) is 12.8 Å². The molecule has 0 aromatic carbocycles. The Labute approximate surface area is 82.6 Å². The average molecular weight is 265 g/mol. The molecule has 0 aliphatic heterocycles. The van der Waals surface area contributed by atoms with Crippen LogP contribution in [0.1, 0.15) is 38.5 Å². The van der Waals surface area contributed by atoms with Gasteiger partial charge in [-0.1, -0.05) is 47.6 Å². The van der Waals surface area contributed by atoms with Crippen LogP contribution in [0, 0.1) is 0 Å². The Morgan fingerprint density at radius 2 is 2.00 bits per heavy atom. The lowest BCUT2D eigenvalue weighted by atomic mass is 10.1. The summed E-state index contributed by atoms with van der Waals surface area (Å²) < 4.78 is 0.0264. The fourth-order valence-electron chi connectivity index (χ4n) is 1.36. The predicted octanol–water partition coefficient (Wildman–Crippen LogP) is 2.99. The van der Waals surface area contributed by atoms with E-state index in [4.69, 9.17) is 5.73 Å². The quantitative estimate of drug-likeness (QED) is 0.310. The van der Waals surface area contributed by atoms with Crippen molar-refractivity contribution in [1.29, 1.82) is 0 Å². The van der Waals surface area contributed by atoms with Gasteiger partial charge in [-0.25, -0.2) is 0 Å². The first kappa shape index (κ1) is 9.52. The number of rotatable bonds is 0. The first-order chi connectivity index (χ1) is 5.21. The molecule has 1 aliphatic rings. The standard InChI is InChI=1S/C9H16IN/c10-9(11)7-5-3-1-2-4-6-8-9/h3,5H,1-2,4,6-8,11H2/b5-3-. The molecule has 2 heteroatoms. The molecule has 1 unspecified atom stereocenters. The highest BCUT2D eigenvalue weighted by molar-refractivity contribution is 14.1. The molecule has 0 bridgehead atoms. The summed E-state index contributed by atoms with van der Waals surface area (Å²) in [5.74, 6) is 0. The Bertz CT molecular complexity index is 140. The smallest absolute Gasteiger partial charge is 0.0715 e. The maximum Gasteiger partial charge on any atom is 0.0715 e. The van der Waals surface area contributed by atoms with Crippen molar-refractivity contribution in [2.45, 2.75) is 42.1 Å². The summed E-state index contributed by atoms with van der Waals surface area (Å²) in [5.41, 5.74) is 6.05. The number of halogens is 1. The molecule has 1 atom stereocenters. The van der Waals surface area contributed by atoms with Gasteiger partial charge in [-0.15, -0.1) is 0 Å². The largest absolute Gasteiger partial charge is 0.317 e. The number of alkyl halides is 1. The van der Waals surface area contributed by atoms with Gasteiger partial charge in [0, 0.05) is 0 Å². The van der Waals surface area contributed by atoms with E-state index in [9.17, 15) is 0 Å². The fraction of sp³-hybridized carbons (Fsp3) is 0.778. The summed E-state index contributed by atoms with van der Waals surface area (Å²) in [7, 11) is 0. The van der Waals surface area contributed by atoms with E-state index in [1.54, 1.807) is 0 Å². The van der Waals surface area contributed by atoms with Gasteiger partial charge in [0.1, 0.15) is 0 Å². The molecule has 11 heavy (non-hydrogen) atoms. The summed E-state index contributed by atoms with van der Waals surface area (Å²) in [6.07, 6.45) is 11.9. The van der Waals surface area contributed by atoms with E-state index in [0.29, 0.717) is 0 Å². The highest BCUT2D eigenvalue weighted by Crippen LogP contribution is 2.25. The molecule has 0 amide bonds. The molecule has 0 spiro atoms. The average Bonchev–Trinajstić information content (AvgIpc) is 2.00. The van der Waals surface area contributed by atoms with Gasteiger partial charge >= 0.3 is 0 Å². The monoisotopic (exact) mass is 265 g/mol. The molecule has 1 aliphatic carbocycles. The molecular formula is C9H16IN. The van der Waals surface area contributed by atoms with Gasteiger partial charge in [0.25, 0.3) is 0 Å². The Kier molecular flexibility index (Phi) is 3.85. The first-order valence-electron chi connectivity index (χ1n) is 4.33. The SMILES string of the molecule is NC1(I)C/C=C\CCCCC1. The number of hydrogen-bond acceptors (Lipinski definition) is 1. The molecule has 64 valence electrons. The van der Waals surface area contributed by atoms with Gasteiger partial charge < -0.3 is 5.73 Å². The summed E-state index contributed by atoms with van der Waals surface area (Å²) >= 11 is 2.38. The van der Waals surface area contributed by atoms with Crippen LogP contribution in [0.5, 0.6) is 0 Å². The third-order valence-electron chi connectivity index (χ3n) is 2.09. The number of hydrogen-bond donors (Lipinski definition) is 1. The Morgan fingerprint density at radius 3 is 2.82 bits per heavy atom. The zero-order chi connectivity index (χ0) is 8.16. The minimum Gasteiger partial charge on any atom is -0.317 e. The second-order valence-corrected chi connectivity index (χ2v) is 5.46. The molecule has 0 heterocycles. The van der Waals surface area contributed by atoms with E-state index < -0.39 is 0 Å². The predicted molar refractivity (Wildman–Crippen MR) is 57.8 cm³/mol. The van der Waals surface area contributed by atoms with Crippen LogP contribution in [0.15, 0.2) is 12.2 Å². The third-order valence-corrected chi connectivity index (χ3v) is 3.07. The summed E-state index contributed by atoms with van der Waals surface area (Å²) in [5, 5.41) is 0. The highest BCUT2D eigenvalue weighted by Gasteiger charge is 2.18. The van der Waals surface area contributed by atoms with E-state index in [2.05, 4.69) is 34.7 Å². The van der Waals surface area contributed by atoms with Gasteiger partial charge in [-0.2, -0.15) is 0 Å². The van der Waals surface area contributed by atoms with Crippen molar-refractivity contribution >= 4 is 22.6 Å². The molecule has 0 fully saturated rings. The number of allylic oxidation sites excluding steroid dienone is 1. The van der Waals surface area contributed by atoms with Crippen molar-refractivity contribution in [2.75, 3.05) is 0 Å². The molecule has 0 radical (unpaired) electrons. The molecule has 0 aromatic rings. The highest BCUT2D eigenvalue weighted by atomic mass is 127. The van der Waals surface area contributed by atoms with Crippen LogP contribution >= 0.6 is 22.6 Å². The van der Waals surface area contributed by atoms with Crippen LogP contribution in [0.4, 0.5) is 0 Å². The van der Waals surface area contributed by atoms with Gasteiger partial charge in [0.15, 0.2) is 0 Å². The molecule has 0 saturated heterocycles. The maximum atomic E-state index is 6.05. The normalized spacial score (nSPS) is 36.9.